The first-order valence-electron chi connectivity index (χ1n) is 6.60. The summed E-state index contributed by atoms with van der Waals surface area (Å²) in [6, 6.07) is 3.48. The lowest BCUT2D eigenvalue weighted by molar-refractivity contribution is -0.386. The molecule has 0 unspecified atom stereocenters. The number of nitro groups is 1. The molecule has 1 aliphatic rings. The molecule has 6 heteroatoms. The molecular weight excluding hydrogens is 262 g/mol. The lowest BCUT2D eigenvalue weighted by Gasteiger charge is -2.34. The van der Waals surface area contributed by atoms with Crippen molar-refractivity contribution in [2.75, 3.05) is 0 Å². The SMILES string of the molecule is CC1(Oc2cc(C(=O)[O-])ccc2[N+](=O)[O-])CCCCC1. The number of benzene rings is 1. The van der Waals surface area contributed by atoms with Crippen molar-refractivity contribution < 1.29 is 19.6 Å². The van der Waals surface area contributed by atoms with E-state index in [0.717, 1.165) is 44.2 Å². The molecule has 1 aromatic rings. The van der Waals surface area contributed by atoms with Crippen molar-refractivity contribution >= 4 is 11.7 Å². The van der Waals surface area contributed by atoms with Gasteiger partial charge in [0, 0.05) is 11.6 Å². The molecule has 2 rings (SSSR count). The summed E-state index contributed by atoms with van der Waals surface area (Å²) in [5.74, 6) is -1.38. The second kappa shape index (κ2) is 5.48. The Kier molecular flexibility index (Phi) is 3.92. The van der Waals surface area contributed by atoms with Crippen LogP contribution in [0.5, 0.6) is 5.75 Å². The highest BCUT2D eigenvalue weighted by Gasteiger charge is 2.31. The van der Waals surface area contributed by atoms with Gasteiger partial charge < -0.3 is 14.6 Å². The molecule has 0 aromatic heterocycles. The largest absolute Gasteiger partial charge is 0.545 e. The molecule has 20 heavy (non-hydrogen) atoms. The molecule has 0 saturated heterocycles. The number of carbonyl (C=O) groups excluding carboxylic acids is 1. The number of nitro benzene ring substituents is 1. The van der Waals surface area contributed by atoms with Gasteiger partial charge in [0.15, 0.2) is 5.75 Å². The van der Waals surface area contributed by atoms with Gasteiger partial charge in [-0.3, -0.25) is 10.1 Å². The van der Waals surface area contributed by atoms with Crippen LogP contribution in [0.2, 0.25) is 0 Å². The predicted octanol–water partition coefficient (Wildman–Crippen LogP) is 2.06. The van der Waals surface area contributed by atoms with Gasteiger partial charge in [-0.05, 0) is 44.7 Å². The van der Waals surface area contributed by atoms with Crippen molar-refractivity contribution in [3.63, 3.8) is 0 Å². The Balaban J connectivity index is 2.34. The zero-order valence-corrected chi connectivity index (χ0v) is 11.3. The molecule has 1 aromatic carbocycles. The quantitative estimate of drug-likeness (QED) is 0.620. The fourth-order valence-electron chi connectivity index (χ4n) is 2.54. The predicted molar refractivity (Wildman–Crippen MR) is 69.5 cm³/mol. The Morgan fingerprint density at radius 1 is 1.30 bits per heavy atom. The summed E-state index contributed by atoms with van der Waals surface area (Å²) in [6.07, 6.45) is 4.74. The summed E-state index contributed by atoms with van der Waals surface area (Å²) in [5.41, 5.74) is -0.820. The number of carboxylic acid groups (broad SMARTS) is 1. The van der Waals surface area contributed by atoms with Gasteiger partial charge in [0.25, 0.3) is 0 Å². The number of nitrogens with zero attached hydrogens (tertiary/aromatic N) is 1. The van der Waals surface area contributed by atoms with Crippen molar-refractivity contribution in [2.45, 2.75) is 44.6 Å². The minimum absolute atomic E-state index is 0.00102. The van der Waals surface area contributed by atoms with Crippen molar-refractivity contribution in [2.24, 2.45) is 0 Å². The summed E-state index contributed by atoms with van der Waals surface area (Å²) >= 11 is 0. The van der Waals surface area contributed by atoms with Crippen LogP contribution in [0, 0.1) is 10.1 Å². The van der Waals surface area contributed by atoms with E-state index in [2.05, 4.69) is 0 Å². The van der Waals surface area contributed by atoms with Crippen LogP contribution in [-0.2, 0) is 0 Å². The van der Waals surface area contributed by atoms with E-state index in [1.807, 2.05) is 6.92 Å². The highest BCUT2D eigenvalue weighted by molar-refractivity contribution is 5.87. The number of aromatic carboxylic acids is 1. The molecule has 6 nitrogen and oxygen atoms in total. The molecule has 0 radical (unpaired) electrons. The average Bonchev–Trinajstić information content (AvgIpc) is 2.38. The summed E-state index contributed by atoms with van der Waals surface area (Å²) in [5, 5.41) is 21.9. The van der Waals surface area contributed by atoms with Crippen molar-refractivity contribution in [1.29, 1.82) is 0 Å². The Labute approximate surface area is 116 Å². The molecule has 0 N–H and O–H groups in total. The zero-order chi connectivity index (χ0) is 14.8. The first-order valence-corrected chi connectivity index (χ1v) is 6.60. The van der Waals surface area contributed by atoms with Gasteiger partial charge in [0.1, 0.15) is 5.60 Å². The average molecular weight is 278 g/mol. The Hall–Kier alpha value is -2.11. The minimum atomic E-state index is -1.38. The number of ether oxygens (including phenoxy) is 1. The topological polar surface area (TPSA) is 92.5 Å². The van der Waals surface area contributed by atoms with E-state index in [1.54, 1.807) is 0 Å². The van der Waals surface area contributed by atoms with Gasteiger partial charge in [-0.15, -0.1) is 0 Å². The second-order valence-electron chi connectivity index (χ2n) is 5.34. The first-order chi connectivity index (χ1) is 9.41. The Bertz CT molecular complexity index is 534. The highest BCUT2D eigenvalue weighted by atomic mass is 16.6. The summed E-state index contributed by atoms with van der Waals surface area (Å²) in [6.45, 7) is 1.90. The minimum Gasteiger partial charge on any atom is -0.545 e. The molecule has 1 saturated carbocycles. The third kappa shape index (κ3) is 3.07. The number of rotatable bonds is 4. The van der Waals surface area contributed by atoms with Gasteiger partial charge >= 0.3 is 5.69 Å². The zero-order valence-electron chi connectivity index (χ0n) is 11.3. The molecule has 0 heterocycles. The molecule has 0 spiro atoms. The molecule has 1 fully saturated rings. The molecular formula is C14H16NO5-. The third-order valence-electron chi connectivity index (χ3n) is 3.66. The van der Waals surface area contributed by atoms with E-state index in [-0.39, 0.29) is 17.0 Å². The number of hydrogen-bond donors (Lipinski definition) is 0. The molecule has 0 atom stereocenters. The van der Waals surface area contributed by atoms with E-state index in [4.69, 9.17) is 4.74 Å². The number of hydrogen-bond acceptors (Lipinski definition) is 5. The highest BCUT2D eigenvalue weighted by Crippen LogP contribution is 2.37. The van der Waals surface area contributed by atoms with Crippen LogP contribution in [0.4, 0.5) is 5.69 Å². The van der Waals surface area contributed by atoms with Crippen LogP contribution in [-0.4, -0.2) is 16.5 Å². The normalized spacial score (nSPS) is 17.4. The fourth-order valence-corrected chi connectivity index (χ4v) is 2.54. The van der Waals surface area contributed by atoms with E-state index in [1.165, 1.54) is 6.07 Å². The van der Waals surface area contributed by atoms with E-state index in [0.29, 0.717) is 0 Å². The smallest absolute Gasteiger partial charge is 0.310 e. The van der Waals surface area contributed by atoms with Gasteiger partial charge in [-0.2, -0.15) is 0 Å². The monoisotopic (exact) mass is 278 g/mol. The molecule has 0 bridgehead atoms. The Morgan fingerprint density at radius 2 is 1.95 bits per heavy atom. The maximum atomic E-state index is 11.0. The van der Waals surface area contributed by atoms with Crippen LogP contribution >= 0.6 is 0 Å². The standard InChI is InChI=1S/C14H17NO5/c1-14(7-3-2-4-8-14)20-12-9-10(13(16)17)5-6-11(12)15(18)19/h5-6,9H,2-4,7-8H2,1H3,(H,16,17)/p-1. The fraction of sp³-hybridized carbons (Fsp3) is 0.500. The molecule has 1 aliphatic carbocycles. The lowest BCUT2D eigenvalue weighted by Crippen LogP contribution is -2.35. The van der Waals surface area contributed by atoms with Crippen molar-refractivity contribution in [1.82, 2.24) is 0 Å². The van der Waals surface area contributed by atoms with Gasteiger partial charge in [-0.25, -0.2) is 0 Å². The summed E-state index contributed by atoms with van der Waals surface area (Å²) in [7, 11) is 0. The van der Waals surface area contributed by atoms with Crippen LogP contribution in [0.3, 0.4) is 0 Å². The van der Waals surface area contributed by atoms with Crippen LogP contribution in [0.25, 0.3) is 0 Å². The summed E-state index contributed by atoms with van der Waals surface area (Å²) in [4.78, 5) is 21.3. The van der Waals surface area contributed by atoms with E-state index in [9.17, 15) is 20.0 Å². The van der Waals surface area contributed by atoms with Gasteiger partial charge in [0.2, 0.25) is 0 Å². The van der Waals surface area contributed by atoms with Crippen LogP contribution in [0.15, 0.2) is 18.2 Å². The summed E-state index contributed by atoms with van der Waals surface area (Å²) < 4.78 is 5.79. The second-order valence-corrected chi connectivity index (χ2v) is 5.34. The maximum Gasteiger partial charge on any atom is 0.310 e. The van der Waals surface area contributed by atoms with Crippen molar-refractivity contribution in [3.05, 3.63) is 33.9 Å². The van der Waals surface area contributed by atoms with Crippen LogP contribution < -0.4 is 9.84 Å². The number of carboxylic acids is 1. The Morgan fingerprint density at radius 3 is 2.50 bits per heavy atom. The van der Waals surface area contributed by atoms with Gasteiger partial charge in [0.05, 0.1) is 10.9 Å². The number of carbonyl (C=O) groups is 1. The maximum absolute atomic E-state index is 11.0. The third-order valence-corrected chi connectivity index (χ3v) is 3.66. The lowest BCUT2D eigenvalue weighted by atomic mass is 9.86. The first kappa shape index (κ1) is 14.3. The van der Waals surface area contributed by atoms with Gasteiger partial charge in [-0.1, -0.05) is 6.42 Å². The van der Waals surface area contributed by atoms with E-state index < -0.39 is 16.5 Å². The van der Waals surface area contributed by atoms with Crippen LogP contribution in [0.1, 0.15) is 49.4 Å². The molecule has 0 aliphatic heterocycles. The molecule has 108 valence electrons. The van der Waals surface area contributed by atoms with E-state index >= 15 is 0 Å². The molecule has 0 amide bonds. The van der Waals surface area contributed by atoms with Crippen molar-refractivity contribution in [3.8, 4) is 5.75 Å².